The molecule has 3 N–H and O–H groups in total. The topological polar surface area (TPSA) is 82.8 Å². The summed E-state index contributed by atoms with van der Waals surface area (Å²) in [4.78, 5) is 10.8. The van der Waals surface area contributed by atoms with Crippen molar-refractivity contribution in [2.45, 2.75) is 32.7 Å². The Morgan fingerprint density at radius 2 is 2.00 bits per heavy atom. The second kappa shape index (κ2) is 11.7. The minimum Gasteiger partial charge on any atom is -0.493 e. The van der Waals surface area contributed by atoms with Crippen molar-refractivity contribution < 1.29 is 19.0 Å². The van der Waals surface area contributed by atoms with Crippen LogP contribution in [-0.4, -0.2) is 39.4 Å². The van der Waals surface area contributed by atoms with Gasteiger partial charge in [-0.3, -0.25) is 4.79 Å². The van der Waals surface area contributed by atoms with Crippen molar-refractivity contribution >= 4 is 5.91 Å². The number of ether oxygens (including phenoxy) is 3. The molecule has 0 atom stereocenters. The maximum Gasteiger partial charge on any atom is 0.255 e. The molecule has 0 bridgehead atoms. The van der Waals surface area contributed by atoms with Crippen LogP contribution in [-0.2, 0) is 16.1 Å². The average molecular weight is 324 g/mol. The molecule has 1 rings (SSSR count). The Morgan fingerprint density at radius 3 is 2.70 bits per heavy atom. The molecule has 6 nitrogen and oxygen atoms in total. The molecule has 1 amide bonds. The van der Waals surface area contributed by atoms with Gasteiger partial charge >= 0.3 is 0 Å². The van der Waals surface area contributed by atoms with Gasteiger partial charge in [0.15, 0.2) is 18.1 Å². The third kappa shape index (κ3) is 8.42. The van der Waals surface area contributed by atoms with E-state index in [1.165, 1.54) is 6.42 Å². The number of nitrogens with two attached hydrogens (primary N) is 1. The van der Waals surface area contributed by atoms with Gasteiger partial charge < -0.3 is 25.3 Å². The van der Waals surface area contributed by atoms with E-state index < -0.39 is 5.91 Å². The lowest BCUT2D eigenvalue weighted by molar-refractivity contribution is -0.119. The van der Waals surface area contributed by atoms with Crippen LogP contribution in [0, 0.1) is 0 Å². The Kier molecular flexibility index (Phi) is 9.83. The standard InChI is InChI=1S/C17H28N2O4/c1-3-4-9-22-10-5-8-19-12-14-6-7-15(16(11-14)21-2)23-13-17(18)20/h6-7,11,19H,3-5,8-10,12-13H2,1-2H3,(H2,18,20). The van der Waals surface area contributed by atoms with Crippen molar-refractivity contribution in [2.24, 2.45) is 5.73 Å². The van der Waals surface area contributed by atoms with Gasteiger partial charge in [-0.2, -0.15) is 0 Å². The lowest BCUT2D eigenvalue weighted by Gasteiger charge is -2.12. The summed E-state index contributed by atoms with van der Waals surface area (Å²) in [5.41, 5.74) is 6.15. The Morgan fingerprint density at radius 1 is 1.22 bits per heavy atom. The molecule has 0 unspecified atom stereocenters. The normalized spacial score (nSPS) is 10.5. The molecule has 1 aromatic carbocycles. The number of hydrogen-bond donors (Lipinski definition) is 2. The lowest BCUT2D eigenvalue weighted by Crippen LogP contribution is -2.20. The van der Waals surface area contributed by atoms with Crippen LogP contribution in [0.1, 0.15) is 31.7 Å². The fraction of sp³-hybridized carbons (Fsp3) is 0.588. The summed E-state index contributed by atoms with van der Waals surface area (Å²) in [5, 5.41) is 3.36. The third-order valence-corrected chi connectivity index (χ3v) is 3.21. The van der Waals surface area contributed by atoms with Crippen LogP contribution in [0.3, 0.4) is 0 Å². The molecule has 1 aromatic rings. The van der Waals surface area contributed by atoms with Crippen LogP contribution in [0.5, 0.6) is 11.5 Å². The van der Waals surface area contributed by atoms with Gasteiger partial charge in [-0.1, -0.05) is 19.4 Å². The number of rotatable bonds is 13. The summed E-state index contributed by atoms with van der Waals surface area (Å²) in [7, 11) is 1.57. The molecular formula is C17H28N2O4. The van der Waals surface area contributed by atoms with Gasteiger partial charge in [0, 0.05) is 19.8 Å². The summed E-state index contributed by atoms with van der Waals surface area (Å²) in [6.45, 7) is 5.27. The molecule has 0 aliphatic heterocycles. The highest BCUT2D eigenvalue weighted by Gasteiger charge is 2.07. The first kappa shape index (κ1) is 19.3. The Bertz CT molecular complexity index is 466. The number of methoxy groups -OCH3 is 1. The maximum atomic E-state index is 10.8. The molecule has 130 valence electrons. The number of benzene rings is 1. The van der Waals surface area contributed by atoms with Crippen molar-refractivity contribution in [1.29, 1.82) is 0 Å². The predicted molar refractivity (Wildman–Crippen MR) is 89.7 cm³/mol. The van der Waals surface area contributed by atoms with E-state index >= 15 is 0 Å². The second-order valence-electron chi connectivity index (χ2n) is 5.24. The van der Waals surface area contributed by atoms with E-state index in [0.717, 1.165) is 44.7 Å². The van der Waals surface area contributed by atoms with Crippen molar-refractivity contribution in [1.82, 2.24) is 5.32 Å². The lowest BCUT2D eigenvalue weighted by atomic mass is 10.2. The second-order valence-corrected chi connectivity index (χ2v) is 5.24. The zero-order valence-corrected chi connectivity index (χ0v) is 14.1. The highest BCUT2D eigenvalue weighted by Crippen LogP contribution is 2.27. The number of carbonyl (C=O) groups excluding carboxylic acids is 1. The highest BCUT2D eigenvalue weighted by atomic mass is 16.5. The SMILES string of the molecule is CCCCOCCCNCc1ccc(OCC(N)=O)c(OC)c1. The van der Waals surface area contributed by atoms with Crippen LogP contribution in [0.4, 0.5) is 0 Å². The molecule has 0 aliphatic rings. The van der Waals surface area contributed by atoms with E-state index in [2.05, 4.69) is 12.2 Å². The van der Waals surface area contributed by atoms with Gasteiger partial charge in [0.25, 0.3) is 5.91 Å². The van der Waals surface area contributed by atoms with Crippen molar-refractivity contribution in [2.75, 3.05) is 33.5 Å². The van der Waals surface area contributed by atoms with Crippen molar-refractivity contribution in [3.05, 3.63) is 23.8 Å². The monoisotopic (exact) mass is 324 g/mol. The summed E-state index contributed by atoms with van der Waals surface area (Å²) < 4.78 is 16.1. The number of primary amides is 1. The van der Waals surface area contributed by atoms with Gasteiger partial charge in [-0.15, -0.1) is 0 Å². The van der Waals surface area contributed by atoms with Crippen LogP contribution in [0.15, 0.2) is 18.2 Å². The van der Waals surface area contributed by atoms with Crippen LogP contribution < -0.4 is 20.5 Å². The van der Waals surface area contributed by atoms with E-state index in [4.69, 9.17) is 19.9 Å². The summed E-state index contributed by atoms with van der Waals surface area (Å²) in [5.74, 6) is 0.590. The first-order valence-electron chi connectivity index (χ1n) is 8.03. The molecule has 23 heavy (non-hydrogen) atoms. The van der Waals surface area contributed by atoms with Crippen molar-refractivity contribution in [3.63, 3.8) is 0 Å². The molecular weight excluding hydrogens is 296 g/mol. The van der Waals surface area contributed by atoms with Gasteiger partial charge in [0.2, 0.25) is 0 Å². The first-order chi connectivity index (χ1) is 11.2. The molecule has 0 aromatic heterocycles. The summed E-state index contributed by atoms with van der Waals surface area (Å²) in [6, 6.07) is 5.61. The number of carbonyl (C=O) groups is 1. The minimum atomic E-state index is -0.515. The smallest absolute Gasteiger partial charge is 0.255 e. The minimum absolute atomic E-state index is 0.161. The number of unbranched alkanes of at least 4 members (excludes halogenated alkanes) is 1. The maximum absolute atomic E-state index is 10.8. The molecule has 0 fully saturated rings. The quantitative estimate of drug-likeness (QED) is 0.541. The molecule has 0 radical (unpaired) electrons. The number of hydrogen-bond acceptors (Lipinski definition) is 5. The largest absolute Gasteiger partial charge is 0.493 e. The predicted octanol–water partition coefficient (Wildman–Crippen LogP) is 1.86. The fourth-order valence-corrected chi connectivity index (χ4v) is 1.97. The zero-order valence-electron chi connectivity index (χ0n) is 14.1. The van der Waals surface area contributed by atoms with E-state index in [-0.39, 0.29) is 6.61 Å². The first-order valence-corrected chi connectivity index (χ1v) is 8.03. The Hall–Kier alpha value is -1.79. The number of amides is 1. The zero-order chi connectivity index (χ0) is 16.9. The number of nitrogens with one attached hydrogen (secondary N) is 1. The molecule has 0 saturated carbocycles. The van der Waals surface area contributed by atoms with Gasteiger partial charge in [0.1, 0.15) is 0 Å². The van der Waals surface area contributed by atoms with Crippen LogP contribution in [0.25, 0.3) is 0 Å². The molecule has 0 spiro atoms. The van der Waals surface area contributed by atoms with Crippen LogP contribution in [0.2, 0.25) is 0 Å². The average Bonchev–Trinajstić information content (AvgIpc) is 2.55. The van der Waals surface area contributed by atoms with Crippen LogP contribution >= 0.6 is 0 Å². The molecule has 0 aliphatic carbocycles. The van der Waals surface area contributed by atoms with E-state index in [1.54, 1.807) is 13.2 Å². The van der Waals surface area contributed by atoms with E-state index in [9.17, 15) is 4.79 Å². The van der Waals surface area contributed by atoms with Gasteiger partial charge in [0.05, 0.1) is 7.11 Å². The van der Waals surface area contributed by atoms with Crippen molar-refractivity contribution in [3.8, 4) is 11.5 Å². The summed E-state index contributed by atoms with van der Waals surface area (Å²) in [6.07, 6.45) is 3.28. The molecule has 0 saturated heterocycles. The van der Waals surface area contributed by atoms with Gasteiger partial charge in [-0.05, 0) is 37.1 Å². The fourth-order valence-electron chi connectivity index (χ4n) is 1.97. The summed E-state index contributed by atoms with van der Waals surface area (Å²) >= 11 is 0. The third-order valence-electron chi connectivity index (χ3n) is 3.21. The van der Waals surface area contributed by atoms with E-state index in [1.807, 2.05) is 12.1 Å². The van der Waals surface area contributed by atoms with E-state index in [0.29, 0.717) is 11.5 Å². The van der Waals surface area contributed by atoms with Gasteiger partial charge in [-0.25, -0.2) is 0 Å². The molecule has 6 heteroatoms. The highest BCUT2D eigenvalue weighted by molar-refractivity contribution is 5.75. The Labute approximate surface area is 138 Å². The Balaban J connectivity index is 2.30. The molecule has 0 heterocycles.